The van der Waals surface area contributed by atoms with Gasteiger partial charge in [0.25, 0.3) is 5.95 Å². The van der Waals surface area contributed by atoms with E-state index in [2.05, 4.69) is 25.7 Å². The molecule has 8 heteroatoms. The van der Waals surface area contributed by atoms with Gasteiger partial charge in [-0.25, -0.2) is 10.4 Å². The summed E-state index contributed by atoms with van der Waals surface area (Å²) in [5.74, 6) is 2.27. The highest BCUT2D eigenvalue weighted by Crippen LogP contribution is 2.28. The number of nitrogens with one attached hydrogen (secondary N) is 1. The Morgan fingerprint density at radius 3 is 2.69 bits per heavy atom. The largest absolute Gasteiger partial charge is 0.497 e. The van der Waals surface area contributed by atoms with Crippen LogP contribution in [0.3, 0.4) is 0 Å². The van der Waals surface area contributed by atoms with Crippen LogP contribution in [-0.2, 0) is 0 Å². The van der Waals surface area contributed by atoms with Crippen molar-refractivity contribution in [3.63, 3.8) is 0 Å². The SMILES string of the molecule is COc1ccc(-c2cnnc(N/N=C/c3ccc(-c4ccccc4Cl)o3)n2)cc1. The van der Waals surface area contributed by atoms with Gasteiger partial charge < -0.3 is 9.15 Å². The third-order valence-electron chi connectivity index (χ3n) is 4.07. The minimum atomic E-state index is 0.271. The first kappa shape index (κ1) is 18.6. The molecule has 4 rings (SSSR count). The number of hydrogen-bond acceptors (Lipinski definition) is 7. The first-order chi connectivity index (χ1) is 14.2. The Balaban J connectivity index is 1.45. The maximum absolute atomic E-state index is 6.20. The summed E-state index contributed by atoms with van der Waals surface area (Å²) in [6.45, 7) is 0. The Morgan fingerprint density at radius 1 is 1.07 bits per heavy atom. The van der Waals surface area contributed by atoms with E-state index in [0.29, 0.717) is 22.2 Å². The van der Waals surface area contributed by atoms with Crippen molar-refractivity contribution in [2.75, 3.05) is 12.5 Å². The number of furan rings is 1. The van der Waals surface area contributed by atoms with Gasteiger partial charge in [0.2, 0.25) is 0 Å². The lowest BCUT2D eigenvalue weighted by atomic mass is 10.1. The number of methoxy groups -OCH3 is 1. The van der Waals surface area contributed by atoms with E-state index >= 15 is 0 Å². The van der Waals surface area contributed by atoms with Crippen LogP contribution in [0.1, 0.15) is 5.76 Å². The molecule has 0 amide bonds. The standard InChI is InChI=1S/C21H16ClN5O2/c1-28-15-8-6-14(7-9-15)19-13-24-27-21(25-19)26-23-12-16-10-11-20(29-16)17-4-2-3-5-18(17)22/h2-13H,1H3,(H,25,26,27)/b23-12+. The Hall–Kier alpha value is -3.71. The van der Waals surface area contributed by atoms with E-state index in [1.165, 1.54) is 6.21 Å². The molecule has 1 N–H and O–H groups in total. The first-order valence-electron chi connectivity index (χ1n) is 8.71. The summed E-state index contributed by atoms with van der Waals surface area (Å²) >= 11 is 6.20. The highest BCUT2D eigenvalue weighted by molar-refractivity contribution is 6.33. The average molecular weight is 406 g/mol. The Bertz CT molecular complexity index is 1140. The van der Waals surface area contributed by atoms with Crippen molar-refractivity contribution in [2.24, 2.45) is 5.10 Å². The molecule has 0 aliphatic rings. The topological polar surface area (TPSA) is 85.4 Å². The number of halogens is 1. The zero-order valence-corrected chi connectivity index (χ0v) is 16.2. The highest BCUT2D eigenvalue weighted by Gasteiger charge is 2.07. The maximum Gasteiger partial charge on any atom is 0.263 e. The summed E-state index contributed by atoms with van der Waals surface area (Å²) in [6.07, 6.45) is 3.11. The monoisotopic (exact) mass is 405 g/mol. The van der Waals surface area contributed by atoms with Crippen LogP contribution in [0.2, 0.25) is 5.02 Å². The number of ether oxygens (including phenoxy) is 1. The van der Waals surface area contributed by atoms with Crippen LogP contribution in [0, 0.1) is 0 Å². The second-order valence-corrected chi connectivity index (χ2v) is 6.35. The van der Waals surface area contributed by atoms with Gasteiger partial charge in [-0.2, -0.15) is 10.2 Å². The molecule has 0 spiro atoms. The van der Waals surface area contributed by atoms with Crippen molar-refractivity contribution in [3.8, 4) is 28.3 Å². The Labute approximate surface area is 172 Å². The van der Waals surface area contributed by atoms with E-state index < -0.39 is 0 Å². The lowest BCUT2D eigenvalue weighted by Crippen LogP contribution is -1.99. The summed E-state index contributed by atoms with van der Waals surface area (Å²) < 4.78 is 10.9. The lowest BCUT2D eigenvalue weighted by Gasteiger charge is -2.03. The van der Waals surface area contributed by atoms with Gasteiger partial charge in [-0.15, -0.1) is 5.10 Å². The molecule has 0 saturated carbocycles. The molecular weight excluding hydrogens is 390 g/mol. The number of anilines is 1. The smallest absolute Gasteiger partial charge is 0.263 e. The normalized spacial score (nSPS) is 11.0. The van der Waals surface area contributed by atoms with Crippen LogP contribution in [0.5, 0.6) is 5.75 Å². The molecule has 2 aromatic heterocycles. The van der Waals surface area contributed by atoms with E-state index in [1.54, 1.807) is 19.4 Å². The number of hydrazone groups is 1. The predicted molar refractivity (Wildman–Crippen MR) is 112 cm³/mol. The molecule has 0 aliphatic heterocycles. The van der Waals surface area contributed by atoms with E-state index in [1.807, 2.05) is 54.6 Å². The molecule has 0 unspecified atom stereocenters. The lowest BCUT2D eigenvalue weighted by molar-refractivity contribution is 0.415. The van der Waals surface area contributed by atoms with Crippen molar-refractivity contribution in [3.05, 3.63) is 77.6 Å². The molecule has 29 heavy (non-hydrogen) atoms. The second kappa shape index (κ2) is 8.53. The van der Waals surface area contributed by atoms with Crippen molar-refractivity contribution in [2.45, 2.75) is 0 Å². The fraction of sp³-hybridized carbons (Fsp3) is 0.0476. The molecule has 0 saturated heterocycles. The molecule has 0 radical (unpaired) electrons. The zero-order valence-electron chi connectivity index (χ0n) is 15.4. The van der Waals surface area contributed by atoms with E-state index in [4.69, 9.17) is 20.8 Å². The molecular formula is C21H16ClN5O2. The Morgan fingerprint density at radius 2 is 1.90 bits per heavy atom. The maximum atomic E-state index is 6.20. The fourth-order valence-electron chi connectivity index (χ4n) is 2.63. The second-order valence-electron chi connectivity index (χ2n) is 5.95. The molecule has 0 atom stereocenters. The minimum Gasteiger partial charge on any atom is -0.497 e. The molecule has 2 aromatic carbocycles. The van der Waals surface area contributed by atoms with Crippen LogP contribution >= 0.6 is 11.6 Å². The number of nitrogens with zero attached hydrogens (tertiary/aromatic N) is 4. The van der Waals surface area contributed by atoms with Crippen LogP contribution in [0.4, 0.5) is 5.95 Å². The summed E-state index contributed by atoms with van der Waals surface area (Å²) in [4.78, 5) is 4.41. The highest BCUT2D eigenvalue weighted by atomic mass is 35.5. The Kier molecular flexibility index (Phi) is 5.49. The van der Waals surface area contributed by atoms with Crippen LogP contribution < -0.4 is 10.2 Å². The molecule has 0 aliphatic carbocycles. The molecule has 0 bridgehead atoms. The van der Waals surface area contributed by atoms with Crippen molar-refractivity contribution >= 4 is 23.8 Å². The van der Waals surface area contributed by atoms with Crippen LogP contribution in [-0.4, -0.2) is 28.5 Å². The minimum absolute atomic E-state index is 0.271. The molecule has 2 heterocycles. The van der Waals surface area contributed by atoms with Crippen molar-refractivity contribution in [1.82, 2.24) is 15.2 Å². The van der Waals surface area contributed by atoms with Gasteiger partial charge in [-0.3, -0.25) is 0 Å². The summed E-state index contributed by atoms with van der Waals surface area (Å²) in [5.41, 5.74) is 5.14. The molecule has 7 nitrogen and oxygen atoms in total. The van der Waals surface area contributed by atoms with Gasteiger partial charge in [0.1, 0.15) is 17.3 Å². The predicted octanol–water partition coefficient (Wildman–Crippen LogP) is 4.91. The van der Waals surface area contributed by atoms with Gasteiger partial charge in [0.15, 0.2) is 0 Å². The number of hydrogen-bond donors (Lipinski definition) is 1. The molecule has 144 valence electrons. The summed E-state index contributed by atoms with van der Waals surface area (Å²) in [7, 11) is 1.62. The van der Waals surface area contributed by atoms with E-state index in [-0.39, 0.29) is 5.95 Å². The first-order valence-corrected chi connectivity index (χ1v) is 9.09. The van der Waals surface area contributed by atoms with Gasteiger partial charge in [-0.1, -0.05) is 23.7 Å². The van der Waals surface area contributed by atoms with E-state index in [0.717, 1.165) is 16.9 Å². The van der Waals surface area contributed by atoms with Gasteiger partial charge in [0, 0.05) is 11.1 Å². The summed E-state index contributed by atoms with van der Waals surface area (Å²) in [6, 6.07) is 18.6. The zero-order chi connectivity index (χ0) is 20.1. The molecule has 0 fully saturated rings. The molecule has 4 aromatic rings. The van der Waals surface area contributed by atoms with Gasteiger partial charge in [0.05, 0.1) is 30.2 Å². The van der Waals surface area contributed by atoms with Crippen molar-refractivity contribution < 1.29 is 9.15 Å². The number of rotatable bonds is 6. The quantitative estimate of drug-likeness (QED) is 0.362. The van der Waals surface area contributed by atoms with Crippen molar-refractivity contribution in [1.29, 1.82) is 0 Å². The van der Waals surface area contributed by atoms with Crippen LogP contribution in [0.25, 0.3) is 22.6 Å². The third kappa shape index (κ3) is 4.41. The van der Waals surface area contributed by atoms with Gasteiger partial charge >= 0.3 is 0 Å². The van der Waals surface area contributed by atoms with E-state index in [9.17, 15) is 0 Å². The van der Waals surface area contributed by atoms with Crippen LogP contribution in [0.15, 0.2) is 76.4 Å². The fourth-order valence-corrected chi connectivity index (χ4v) is 2.86. The number of benzene rings is 2. The third-order valence-corrected chi connectivity index (χ3v) is 4.40. The van der Waals surface area contributed by atoms with Gasteiger partial charge in [-0.05, 0) is 48.5 Å². The number of aromatic nitrogens is 3. The summed E-state index contributed by atoms with van der Waals surface area (Å²) in [5, 5.41) is 12.6. The average Bonchev–Trinajstić information content (AvgIpc) is 3.23.